The minimum Gasteiger partial charge on any atom is -0.461 e. The van der Waals surface area contributed by atoms with E-state index >= 15 is 0 Å². The van der Waals surface area contributed by atoms with Crippen LogP contribution in [0.3, 0.4) is 0 Å². The monoisotopic (exact) mass is 293 g/mol. The second-order valence-electron chi connectivity index (χ2n) is 5.12. The van der Waals surface area contributed by atoms with Crippen molar-refractivity contribution in [3.63, 3.8) is 0 Å². The van der Waals surface area contributed by atoms with Gasteiger partial charge < -0.3 is 9.73 Å². The van der Waals surface area contributed by atoms with E-state index < -0.39 is 0 Å². The van der Waals surface area contributed by atoms with Gasteiger partial charge >= 0.3 is 0 Å². The van der Waals surface area contributed by atoms with Crippen molar-refractivity contribution in [2.45, 2.75) is 13.8 Å². The number of amides is 1. The van der Waals surface area contributed by atoms with Crippen LogP contribution in [0.1, 0.15) is 33.4 Å². The molecule has 0 aliphatic rings. The maximum atomic E-state index is 12.5. The second kappa shape index (κ2) is 5.48. The molecule has 0 unspecified atom stereocenters. The van der Waals surface area contributed by atoms with Crippen molar-refractivity contribution in [3.8, 4) is 0 Å². The summed E-state index contributed by atoms with van der Waals surface area (Å²) in [6.45, 7) is 3.26. The molecule has 3 rings (SSSR count). The molecule has 0 spiro atoms. The van der Waals surface area contributed by atoms with E-state index in [1.807, 2.05) is 24.3 Å². The van der Waals surface area contributed by atoms with E-state index in [4.69, 9.17) is 4.42 Å². The van der Waals surface area contributed by atoms with Gasteiger partial charge in [-0.15, -0.1) is 0 Å². The van der Waals surface area contributed by atoms with E-state index in [2.05, 4.69) is 5.32 Å². The second-order valence-corrected chi connectivity index (χ2v) is 5.12. The number of fused-ring (bicyclic) bond motifs is 1. The van der Waals surface area contributed by atoms with Crippen LogP contribution in [0.4, 0.5) is 5.69 Å². The van der Waals surface area contributed by atoms with Gasteiger partial charge in [0.15, 0.2) is 5.78 Å². The first-order valence-corrected chi connectivity index (χ1v) is 6.97. The van der Waals surface area contributed by atoms with Crippen LogP contribution in [0.2, 0.25) is 0 Å². The van der Waals surface area contributed by atoms with Gasteiger partial charge in [0.2, 0.25) is 0 Å². The van der Waals surface area contributed by atoms with Gasteiger partial charge in [-0.05, 0) is 32.0 Å². The third-order valence-corrected chi connectivity index (χ3v) is 3.53. The predicted molar refractivity (Wildman–Crippen MR) is 85.4 cm³/mol. The van der Waals surface area contributed by atoms with E-state index in [1.54, 1.807) is 31.2 Å². The number of furan rings is 1. The zero-order valence-corrected chi connectivity index (χ0v) is 12.3. The SMILES string of the molecule is CC(=O)c1cccc(NC(=O)c2c(C)oc3ccccc23)c1. The number of benzene rings is 2. The molecule has 0 saturated heterocycles. The number of hydrogen-bond acceptors (Lipinski definition) is 3. The summed E-state index contributed by atoms with van der Waals surface area (Å²) in [7, 11) is 0. The van der Waals surface area contributed by atoms with Crippen LogP contribution in [0, 0.1) is 6.92 Å². The molecule has 0 bridgehead atoms. The molecule has 22 heavy (non-hydrogen) atoms. The number of rotatable bonds is 3. The molecule has 4 heteroatoms. The zero-order valence-electron chi connectivity index (χ0n) is 12.3. The van der Waals surface area contributed by atoms with Crippen LogP contribution < -0.4 is 5.32 Å². The summed E-state index contributed by atoms with van der Waals surface area (Å²) in [4.78, 5) is 23.9. The average molecular weight is 293 g/mol. The molecular weight excluding hydrogens is 278 g/mol. The molecule has 1 heterocycles. The molecular formula is C18H15NO3. The van der Waals surface area contributed by atoms with Gasteiger partial charge in [-0.1, -0.05) is 30.3 Å². The van der Waals surface area contributed by atoms with Crippen molar-refractivity contribution >= 4 is 28.3 Å². The number of Topliss-reactive ketones (excluding diaryl/α,β-unsaturated/α-hetero) is 1. The molecule has 1 aromatic heterocycles. The van der Waals surface area contributed by atoms with Crippen molar-refractivity contribution in [1.82, 2.24) is 0 Å². The van der Waals surface area contributed by atoms with Gasteiger partial charge in [-0.25, -0.2) is 0 Å². The number of ketones is 1. The van der Waals surface area contributed by atoms with Crippen molar-refractivity contribution in [3.05, 3.63) is 65.4 Å². The van der Waals surface area contributed by atoms with Gasteiger partial charge in [0, 0.05) is 16.6 Å². The number of carbonyl (C=O) groups excluding carboxylic acids is 2. The average Bonchev–Trinajstić information content (AvgIpc) is 2.83. The van der Waals surface area contributed by atoms with E-state index in [9.17, 15) is 9.59 Å². The van der Waals surface area contributed by atoms with Gasteiger partial charge in [-0.2, -0.15) is 0 Å². The number of para-hydroxylation sites is 1. The van der Waals surface area contributed by atoms with E-state index in [1.165, 1.54) is 6.92 Å². The molecule has 0 radical (unpaired) electrons. The highest BCUT2D eigenvalue weighted by atomic mass is 16.3. The predicted octanol–water partition coefficient (Wildman–Crippen LogP) is 4.20. The Hall–Kier alpha value is -2.88. The van der Waals surface area contributed by atoms with E-state index in [0.29, 0.717) is 28.2 Å². The Morgan fingerprint density at radius 3 is 2.59 bits per heavy atom. The minimum absolute atomic E-state index is 0.0407. The number of aryl methyl sites for hydroxylation is 1. The van der Waals surface area contributed by atoms with Crippen molar-refractivity contribution in [2.24, 2.45) is 0 Å². The third-order valence-electron chi connectivity index (χ3n) is 3.53. The Kier molecular flexibility index (Phi) is 3.51. The quantitative estimate of drug-likeness (QED) is 0.736. The molecule has 2 aromatic carbocycles. The van der Waals surface area contributed by atoms with Crippen LogP contribution in [-0.4, -0.2) is 11.7 Å². The molecule has 0 aliphatic carbocycles. The summed E-state index contributed by atoms with van der Waals surface area (Å²) in [5.41, 5.74) is 2.35. The smallest absolute Gasteiger partial charge is 0.259 e. The Bertz CT molecular complexity index is 877. The van der Waals surface area contributed by atoms with Gasteiger partial charge in [-0.3, -0.25) is 9.59 Å². The highest BCUT2D eigenvalue weighted by Crippen LogP contribution is 2.26. The molecule has 0 saturated carbocycles. The molecule has 4 nitrogen and oxygen atoms in total. The van der Waals surface area contributed by atoms with Crippen LogP contribution in [0.25, 0.3) is 11.0 Å². The summed E-state index contributed by atoms with van der Waals surface area (Å²) in [6, 6.07) is 14.3. The number of anilines is 1. The molecule has 0 fully saturated rings. The Morgan fingerprint density at radius 2 is 1.82 bits per heavy atom. The van der Waals surface area contributed by atoms with E-state index in [0.717, 1.165) is 5.39 Å². The maximum Gasteiger partial charge on any atom is 0.259 e. The maximum absolute atomic E-state index is 12.5. The molecule has 1 N–H and O–H groups in total. The zero-order chi connectivity index (χ0) is 15.7. The van der Waals surface area contributed by atoms with Gasteiger partial charge in [0.05, 0.1) is 5.56 Å². The lowest BCUT2D eigenvalue weighted by atomic mass is 10.1. The number of nitrogens with one attached hydrogen (secondary N) is 1. The van der Waals surface area contributed by atoms with Crippen molar-refractivity contribution in [2.75, 3.05) is 5.32 Å². The van der Waals surface area contributed by atoms with Gasteiger partial charge in [0.25, 0.3) is 5.91 Å². The van der Waals surface area contributed by atoms with Crippen LogP contribution in [0.5, 0.6) is 0 Å². The fourth-order valence-electron chi connectivity index (χ4n) is 2.46. The first kappa shape index (κ1) is 14.1. The summed E-state index contributed by atoms with van der Waals surface area (Å²) >= 11 is 0. The van der Waals surface area contributed by atoms with Crippen molar-refractivity contribution in [1.29, 1.82) is 0 Å². The molecule has 110 valence electrons. The first-order chi connectivity index (χ1) is 10.6. The molecule has 0 atom stereocenters. The fourth-order valence-corrected chi connectivity index (χ4v) is 2.46. The summed E-state index contributed by atoms with van der Waals surface area (Å²) in [6.07, 6.45) is 0. The highest BCUT2D eigenvalue weighted by molar-refractivity contribution is 6.13. The van der Waals surface area contributed by atoms with Crippen LogP contribution in [-0.2, 0) is 0 Å². The van der Waals surface area contributed by atoms with Crippen LogP contribution in [0.15, 0.2) is 52.9 Å². The fraction of sp³-hybridized carbons (Fsp3) is 0.111. The topological polar surface area (TPSA) is 59.3 Å². The first-order valence-electron chi connectivity index (χ1n) is 6.97. The Morgan fingerprint density at radius 1 is 1.05 bits per heavy atom. The lowest BCUT2D eigenvalue weighted by molar-refractivity contribution is 0.101. The van der Waals surface area contributed by atoms with E-state index in [-0.39, 0.29) is 11.7 Å². The summed E-state index contributed by atoms with van der Waals surface area (Å²) in [5, 5.41) is 3.60. The van der Waals surface area contributed by atoms with Gasteiger partial charge in [0.1, 0.15) is 11.3 Å². The molecule has 3 aromatic rings. The Balaban J connectivity index is 1.95. The standard InChI is InChI=1S/C18H15NO3/c1-11(20)13-6-5-7-14(10-13)19-18(21)17-12(2)22-16-9-4-3-8-15(16)17/h3-10H,1-2H3,(H,19,21). The number of carbonyl (C=O) groups is 2. The minimum atomic E-state index is -0.247. The highest BCUT2D eigenvalue weighted by Gasteiger charge is 2.18. The summed E-state index contributed by atoms with van der Waals surface area (Å²) in [5.74, 6) is 0.283. The Labute approximate surface area is 127 Å². The summed E-state index contributed by atoms with van der Waals surface area (Å²) < 4.78 is 5.60. The number of hydrogen-bond donors (Lipinski definition) is 1. The van der Waals surface area contributed by atoms with Crippen molar-refractivity contribution < 1.29 is 14.0 Å². The third kappa shape index (κ3) is 2.51. The molecule has 1 amide bonds. The van der Waals surface area contributed by atoms with Crippen LogP contribution >= 0.6 is 0 Å². The largest absolute Gasteiger partial charge is 0.461 e. The normalized spacial score (nSPS) is 10.6. The lowest BCUT2D eigenvalue weighted by Crippen LogP contribution is -2.12. The molecule has 0 aliphatic heterocycles. The lowest BCUT2D eigenvalue weighted by Gasteiger charge is -2.06.